The number of nitrogens with zero attached hydrogens (tertiary/aromatic N) is 10. The molecule has 0 atom stereocenters. The standard InChI is InChI=1S/C21H23FN6O.C20H21FN6O/c1-14(29)28-6-2-5-27(7-8-28)12-15-9-16(11-17(22)10-15)18-3-4-19-20(26-18)21(23)25-13-24-19;1-13(28)27-6-4-26(5-7-27)11-14-8-15(10-16(21)9-14)17-2-3-18-19(25-17)20(22)24-12-23-18/h3-4,9-11,13H,2,5-8,12H2,1H3,(H2,23,24,25);2-3,8-10,12H,4-7,11H2,1H3,(H2,22,23,24). The molecular weight excluding hydrogens is 731 g/mol. The molecule has 4 aromatic heterocycles. The molecule has 6 aromatic rings. The average Bonchev–Trinajstić information content (AvgIpc) is 3.44. The van der Waals surface area contributed by atoms with Crippen molar-refractivity contribution in [2.75, 3.05) is 63.8 Å². The molecule has 2 saturated heterocycles. The molecule has 8 rings (SSSR count). The molecule has 2 aliphatic rings. The van der Waals surface area contributed by atoms with E-state index in [0.717, 1.165) is 50.3 Å². The predicted octanol–water partition coefficient (Wildman–Crippen LogP) is 4.54. The minimum Gasteiger partial charge on any atom is -0.382 e. The molecule has 16 heteroatoms. The first-order valence-corrected chi connectivity index (χ1v) is 18.8. The van der Waals surface area contributed by atoms with Gasteiger partial charge in [0.05, 0.1) is 22.4 Å². The van der Waals surface area contributed by atoms with Gasteiger partial charge in [-0.05, 0) is 78.2 Å². The van der Waals surface area contributed by atoms with Crippen molar-refractivity contribution < 1.29 is 18.4 Å². The summed E-state index contributed by atoms with van der Waals surface area (Å²) < 4.78 is 28.6. The molecule has 2 amide bonds. The number of hydrogen-bond acceptors (Lipinski definition) is 12. The Labute approximate surface area is 328 Å². The first kappa shape index (κ1) is 39.0. The number of fused-ring (bicyclic) bond motifs is 2. The Bertz CT molecular complexity index is 2420. The highest BCUT2D eigenvalue weighted by molar-refractivity contribution is 5.86. The van der Waals surface area contributed by atoms with Gasteiger partial charge in [-0.15, -0.1) is 0 Å². The maximum absolute atomic E-state index is 14.4. The van der Waals surface area contributed by atoms with E-state index in [9.17, 15) is 18.4 Å². The third-order valence-electron chi connectivity index (χ3n) is 10.2. The van der Waals surface area contributed by atoms with Gasteiger partial charge in [0, 0.05) is 90.4 Å². The molecule has 0 radical (unpaired) electrons. The highest BCUT2D eigenvalue weighted by atomic mass is 19.1. The fraction of sp³-hybridized carbons (Fsp3) is 0.317. The van der Waals surface area contributed by atoms with Gasteiger partial charge in [0.2, 0.25) is 11.8 Å². The van der Waals surface area contributed by atoms with Crippen LogP contribution in [0.3, 0.4) is 0 Å². The van der Waals surface area contributed by atoms with E-state index < -0.39 is 0 Å². The maximum Gasteiger partial charge on any atom is 0.219 e. The fourth-order valence-electron chi connectivity index (χ4n) is 7.20. The molecule has 294 valence electrons. The zero-order valence-electron chi connectivity index (χ0n) is 31.9. The molecule has 2 aromatic carbocycles. The number of carbonyl (C=O) groups excluding carboxylic acids is 2. The summed E-state index contributed by atoms with van der Waals surface area (Å²) in [6.45, 7) is 10.5. The van der Waals surface area contributed by atoms with E-state index in [1.165, 1.54) is 24.8 Å². The molecular formula is C41H44F2N12O2. The van der Waals surface area contributed by atoms with Crippen LogP contribution in [0, 0.1) is 11.6 Å². The molecule has 14 nitrogen and oxygen atoms in total. The van der Waals surface area contributed by atoms with E-state index in [1.54, 1.807) is 38.1 Å². The number of halogens is 2. The van der Waals surface area contributed by atoms with Crippen LogP contribution < -0.4 is 11.5 Å². The molecule has 2 fully saturated rings. The Kier molecular flexibility index (Phi) is 11.8. The van der Waals surface area contributed by atoms with Crippen molar-refractivity contribution in [1.29, 1.82) is 0 Å². The second-order valence-electron chi connectivity index (χ2n) is 14.3. The molecule has 0 unspecified atom stereocenters. The fourth-order valence-corrected chi connectivity index (χ4v) is 7.20. The van der Waals surface area contributed by atoms with Gasteiger partial charge in [0.15, 0.2) is 11.6 Å². The van der Waals surface area contributed by atoms with Gasteiger partial charge in [-0.3, -0.25) is 19.4 Å². The second kappa shape index (κ2) is 17.3. The number of rotatable bonds is 6. The molecule has 0 spiro atoms. The van der Waals surface area contributed by atoms with Gasteiger partial charge in [-0.25, -0.2) is 38.7 Å². The van der Waals surface area contributed by atoms with Crippen LogP contribution in [-0.4, -0.2) is 114 Å². The molecule has 0 saturated carbocycles. The topological polar surface area (TPSA) is 176 Å². The van der Waals surface area contributed by atoms with Gasteiger partial charge in [0.25, 0.3) is 0 Å². The lowest BCUT2D eigenvalue weighted by Crippen LogP contribution is -2.47. The number of nitrogen functional groups attached to an aromatic ring is 2. The normalized spacial score (nSPS) is 15.3. The van der Waals surface area contributed by atoms with Gasteiger partial charge >= 0.3 is 0 Å². The Balaban J connectivity index is 0.000000174. The molecule has 4 N–H and O–H groups in total. The zero-order chi connectivity index (χ0) is 40.1. The molecule has 2 aliphatic heterocycles. The van der Waals surface area contributed by atoms with Crippen LogP contribution >= 0.6 is 0 Å². The predicted molar refractivity (Wildman–Crippen MR) is 214 cm³/mol. The summed E-state index contributed by atoms with van der Waals surface area (Å²) in [5.41, 5.74) is 18.5. The number of piperazine rings is 1. The SMILES string of the molecule is CC(=O)N1CCCN(Cc2cc(F)cc(-c3ccc4ncnc(N)c4n3)c2)CC1.CC(=O)N1CCN(Cc2cc(F)cc(-c3ccc4ncnc(N)c4n3)c2)CC1. The number of amides is 2. The van der Waals surface area contributed by atoms with Gasteiger partial charge in [0.1, 0.15) is 35.3 Å². The van der Waals surface area contributed by atoms with E-state index >= 15 is 0 Å². The van der Waals surface area contributed by atoms with Crippen LogP contribution in [0.2, 0.25) is 0 Å². The van der Waals surface area contributed by atoms with Crippen molar-refractivity contribution in [3.8, 4) is 22.5 Å². The summed E-state index contributed by atoms with van der Waals surface area (Å²) in [7, 11) is 0. The summed E-state index contributed by atoms with van der Waals surface area (Å²) >= 11 is 0. The highest BCUT2D eigenvalue weighted by Gasteiger charge is 2.20. The first-order valence-electron chi connectivity index (χ1n) is 18.8. The third-order valence-corrected chi connectivity index (χ3v) is 10.2. The molecule has 6 heterocycles. The lowest BCUT2D eigenvalue weighted by molar-refractivity contribution is -0.130. The van der Waals surface area contributed by atoms with Crippen molar-refractivity contribution >= 4 is 45.5 Å². The minimum atomic E-state index is -0.311. The van der Waals surface area contributed by atoms with Crippen molar-refractivity contribution in [2.24, 2.45) is 0 Å². The number of aromatic nitrogens is 6. The van der Waals surface area contributed by atoms with Crippen LogP contribution in [0.4, 0.5) is 20.4 Å². The van der Waals surface area contributed by atoms with Crippen molar-refractivity contribution in [3.05, 3.63) is 96.1 Å². The number of hydrogen-bond donors (Lipinski definition) is 2. The number of pyridine rings is 2. The number of carbonyl (C=O) groups is 2. The van der Waals surface area contributed by atoms with E-state index in [2.05, 4.69) is 39.7 Å². The Morgan fingerprint density at radius 3 is 1.47 bits per heavy atom. The van der Waals surface area contributed by atoms with Crippen molar-refractivity contribution in [3.63, 3.8) is 0 Å². The Morgan fingerprint density at radius 2 is 1.02 bits per heavy atom. The van der Waals surface area contributed by atoms with Gasteiger partial charge < -0.3 is 21.3 Å². The van der Waals surface area contributed by atoms with Crippen LogP contribution in [0.1, 0.15) is 31.4 Å². The quantitative estimate of drug-likeness (QED) is 0.242. The Morgan fingerprint density at radius 1 is 0.579 bits per heavy atom. The van der Waals surface area contributed by atoms with E-state index in [-0.39, 0.29) is 23.4 Å². The summed E-state index contributed by atoms with van der Waals surface area (Å²) in [6.07, 6.45) is 3.70. The first-order chi connectivity index (χ1) is 27.5. The van der Waals surface area contributed by atoms with Crippen molar-refractivity contribution in [1.82, 2.24) is 49.5 Å². The second-order valence-corrected chi connectivity index (χ2v) is 14.3. The third kappa shape index (κ3) is 9.59. The van der Waals surface area contributed by atoms with E-state index in [0.29, 0.717) is 88.9 Å². The van der Waals surface area contributed by atoms with E-state index in [4.69, 9.17) is 11.5 Å². The van der Waals surface area contributed by atoms with Crippen LogP contribution in [0.25, 0.3) is 44.6 Å². The van der Waals surface area contributed by atoms with Crippen LogP contribution in [-0.2, 0) is 22.7 Å². The number of nitrogens with two attached hydrogens (primary N) is 2. The van der Waals surface area contributed by atoms with Gasteiger partial charge in [-0.2, -0.15) is 0 Å². The zero-order valence-corrected chi connectivity index (χ0v) is 31.9. The average molecular weight is 775 g/mol. The summed E-state index contributed by atoms with van der Waals surface area (Å²) in [6, 6.07) is 17.1. The number of benzene rings is 2. The molecule has 0 aliphatic carbocycles. The highest BCUT2D eigenvalue weighted by Crippen LogP contribution is 2.26. The van der Waals surface area contributed by atoms with Crippen LogP contribution in [0.5, 0.6) is 0 Å². The minimum absolute atomic E-state index is 0.0957. The monoisotopic (exact) mass is 774 g/mol. The maximum atomic E-state index is 14.4. The molecule has 0 bridgehead atoms. The largest absolute Gasteiger partial charge is 0.382 e. The van der Waals surface area contributed by atoms with Gasteiger partial charge in [-0.1, -0.05) is 0 Å². The smallest absolute Gasteiger partial charge is 0.219 e. The lowest BCUT2D eigenvalue weighted by Gasteiger charge is -2.34. The summed E-state index contributed by atoms with van der Waals surface area (Å²) in [5, 5.41) is 0. The summed E-state index contributed by atoms with van der Waals surface area (Å²) in [5.74, 6) is 0.176. The molecule has 57 heavy (non-hydrogen) atoms. The van der Waals surface area contributed by atoms with E-state index in [1.807, 2.05) is 34.1 Å². The Hall–Kier alpha value is -6.26. The summed E-state index contributed by atoms with van der Waals surface area (Å²) in [4.78, 5) is 56.6. The van der Waals surface area contributed by atoms with Crippen LogP contribution in [0.15, 0.2) is 73.3 Å². The van der Waals surface area contributed by atoms with Crippen molar-refractivity contribution in [2.45, 2.75) is 33.4 Å². The lowest BCUT2D eigenvalue weighted by atomic mass is 10.1. The number of anilines is 2.